The Morgan fingerprint density at radius 1 is 1.09 bits per heavy atom. The summed E-state index contributed by atoms with van der Waals surface area (Å²) in [6.07, 6.45) is 13.6. The van der Waals surface area contributed by atoms with Crippen LogP contribution in [0.4, 0.5) is 0 Å². The Kier molecular flexibility index (Phi) is 3.95. The van der Waals surface area contributed by atoms with Crippen LogP contribution in [0.1, 0.15) is 85.5 Å². The topological polar surface area (TPSA) is 29.5 Å². The fraction of sp³-hybridized carbons (Fsp3) is 0.897. The molecular weight excluding hydrogens is 394 g/mol. The fourth-order valence-corrected chi connectivity index (χ4v) is 11.6. The number of carbonyl (C=O) groups excluding carboxylic acids is 1. The summed E-state index contributed by atoms with van der Waals surface area (Å²) in [4.78, 5) is 14.9. The van der Waals surface area contributed by atoms with Gasteiger partial charge in [0, 0.05) is 30.3 Å². The van der Waals surface area contributed by atoms with Crippen molar-refractivity contribution in [3.63, 3.8) is 0 Å². The number of nitrogens with zero attached hydrogens (tertiary/aromatic N) is 1. The number of ether oxygens (including phenoxy) is 1. The average molecular weight is 438 g/mol. The monoisotopic (exact) mass is 437 g/mol. The van der Waals surface area contributed by atoms with Crippen LogP contribution in [0, 0.1) is 45.8 Å². The Morgan fingerprint density at radius 3 is 2.72 bits per heavy atom. The van der Waals surface area contributed by atoms with E-state index in [2.05, 4.69) is 45.7 Å². The summed E-state index contributed by atoms with van der Waals surface area (Å²) in [6.45, 7) is 11.4. The number of piperidine rings is 1. The molecule has 0 aromatic heterocycles. The molecule has 0 bridgehead atoms. The molecule has 32 heavy (non-hydrogen) atoms. The van der Waals surface area contributed by atoms with E-state index in [0.29, 0.717) is 34.7 Å². The summed E-state index contributed by atoms with van der Waals surface area (Å²) in [6, 6.07) is 0.609. The van der Waals surface area contributed by atoms with Crippen LogP contribution in [0.15, 0.2) is 11.6 Å². The highest BCUT2D eigenvalue weighted by atomic mass is 16.5. The van der Waals surface area contributed by atoms with Gasteiger partial charge in [-0.05, 0) is 99.0 Å². The quantitative estimate of drug-likeness (QED) is 0.492. The molecule has 7 rings (SSSR count). The van der Waals surface area contributed by atoms with Gasteiger partial charge in [-0.3, -0.25) is 4.79 Å². The Bertz CT molecular complexity index is 911. The second-order valence-electron chi connectivity index (χ2n) is 14.0. The summed E-state index contributed by atoms with van der Waals surface area (Å²) >= 11 is 0. The van der Waals surface area contributed by atoms with E-state index in [-0.39, 0.29) is 11.0 Å². The molecule has 3 unspecified atom stereocenters. The second kappa shape index (κ2) is 6.11. The summed E-state index contributed by atoms with van der Waals surface area (Å²) in [5.74, 6) is 4.33. The molecule has 6 fully saturated rings. The van der Waals surface area contributed by atoms with Crippen molar-refractivity contribution in [3.05, 3.63) is 11.6 Å². The smallest absolute Gasteiger partial charge is 0.155 e. The van der Waals surface area contributed by atoms with Crippen LogP contribution in [0.5, 0.6) is 0 Å². The largest absolute Gasteiger partial charge is 0.369 e. The number of likely N-dealkylation sites (tertiary alicyclic amines) is 1. The molecule has 11 atom stereocenters. The van der Waals surface area contributed by atoms with Gasteiger partial charge >= 0.3 is 0 Å². The van der Waals surface area contributed by atoms with Crippen LogP contribution in [-0.2, 0) is 9.53 Å². The lowest BCUT2D eigenvalue weighted by molar-refractivity contribution is -0.148. The van der Waals surface area contributed by atoms with Crippen LogP contribution in [-0.4, -0.2) is 42.0 Å². The van der Waals surface area contributed by atoms with Gasteiger partial charge in [0.1, 0.15) is 0 Å². The number of carbonyl (C=O) groups is 1. The minimum atomic E-state index is 0.0900. The zero-order valence-electron chi connectivity index (χ0n) is 21.0. The molecule has 4 saturated carbocycles. The third-order valence-electron chi connectivity index (χ3n) is 13.0. The first kappa shape index (κ1) is 20.7. The lowest BCUT2D eigenvalue weighted by Crippen LogP contribution is -2.53. The first-order valence-electron chi connectivity index (χ1n) is 13.8. The second-order valence-corrected chi connectivity index (χ2v) is 14.0. The normalized spacial score (nSPS) is 60.8. The first-order valence-corrected chi connectivity index (χ1v) is 13.8. The number of hydrogen-bond donors (Lipinski definition) is 0. The average Bonchev–Trinajstić information content (AvgIpc) is 3.06. The fourth-order valence-electron chi connectivity index (χ4n) is 11.6. The van der Waals surface area contributed by atoms with Crippen LogP contribution >= 0.6 is 0 Å². The van der Waals surface area contributed by atoms with Gasteiger partial charge in [0.25, 0.3) is 0 Å². The zero-order valence-corrected chi connectivity index (χ0v) is 21.0. The minimum absolute atomic E-state index is 0.0900. The van der Waals surface area contributed by atoms with Crippen LogP contribution in [0.2, 0.25) is 0 Å². The maximum Gasteiger partial charge on any atom is 0.155 e. The standard InChI is InChI=1S/C29H43NO2/c1-17-12-24-25(30(5)15-17)18(2)29(32-24)11-9-22-21-7-6-19-13-20(31)8-10-26(19,3)23(21)14-28(22)16-27(28,29)4/h13,17-18,21-25H,6-12,14-16H2,1-5H3/t17-,18+,21-,22-,23-,24+,25-,26-,27?,28?,29?/m0/s1. The molecule has 3 heteroatoms. The van der Waals surface area contributed by atoms with Crippen molar-refractivity contribution in [1.29, 1.82) is 0 Å². The van der Waals surface area contributed by atoms with Crippen molar-refractivity contribution < 1.29 is 9.53 Å². The van der Waals surface area contributed by atoms with Crippen LogP contribution < -0.4 is 0 Å². The maximum atomic E-state index is 12.2. The summed E-state index contributed by atoms with van der Waals surface area (Å²) in [5.41, 5.74) is 2.74. The van der Waals surface area contributed by atoms with E-state index in [9.17, 15) is 4.79 Å². The van der Waals surface area contributed by atoms with E-state index in [1.54, 1.807) is 0 Å². The van der Waals surface area contributed by atoms with Crippen LogP contribution in [0.25, 0.3) is 0 Å². The molecule has 3 nitrogen and oxygen atoms in total. The van der Waals surface area contributed by atoms with Gasteiger partial charge in [0.15, 0.2) is 5.78 Å². The van der Waals surface area contributed by atoms with Crippen molar-refractivity contribution in [1.82, 2.24) is 4.90 Å². The van der Waals surface area contributed by atoms with E-state index in [1.165, 1.54) is 57.1 Å². The van der Waals surface area contributed by atoms with E-state index >= 15 is 0 Å². The molecule has 176 valence electrons. The summed E-state index contributed by atoms with van der Waals surface area (Å²) in [7, 11) is 2.35. The summed E-state index contributed by atoms with van der Waals surface area (Å²) < 4.78 is 7.31. The highest BCUT2D eigenvalue weighted by Crippen LogP contribution is 2.87. The van der Waals surface area contributed by atoms with Gasteiger partial charge in [0.2, 0.25) is 0 Å². The molecule has 7 aliphatic rings. The van der Waals surface area contributed by atoms with Gasteiger partial charge in [-0.25, -0.2) is 0 Å². The van der Waals surface area contributed by atoms with Gasteiger partial charge in [-0.1, -0.05) is 33.3 Å². The molecule has 0 N–H and O–H groups in total. The predicted molar refractivity (Wildman–Crippen MR) is 126 cm³/mol. The third kappa shape index (κ3) is 2.16. The SMILES string of the molecule is C[C@H]1C[C@H]2OC3(CC[C@H]4[C@@H]5CCC6=CC(=O)CC[C@]6(C)[C@H]5CC45CC53C)[C@H](C)[C@@H]2N(C)C1. The highest BCUT2D eigenvalue weighted by molar-refractivity contribution is 5.91. The Balaban J connectivity index is 1.24. The van der Waals surface area contributed by atoms with E-state index in [1.807, 2.05) is 0 Å². The highest BCUT2D eigenvalue weighted by Gasteiger charge is 2.84. The third-order valence-corrected chi connectivity index (χ3v) is 13.0. The number of rotatable bonds is 0. The van der Waals surface area contributed by atoms with Gasteiger partial charge < -0.3 is 9.64 Å². The lowest BCUT2D eigenvalue weighted by atomic mass is 9.56. The lowest BCUT2D eigenvalue weighted by Gasteiger charge is -2.50. The molecule has 0 amide bonds. The number of ketones is 1. The van der Waals surface area contributed by atoms with Gasteiger partial charge in [0.05, 0.1) is 11.7 Å². The minimum Gasteiger partial charge on any atom is -0.369 e. The molecule has 2 spiro atoms. The van der Waals surface area contributed by atoms with E-state index in [4.69, 9.17) is 4.74 Å². The number of likely N-dealkylation sites (N-methyl/N-ethyl adjacent to an activating group) is 1. The molecule has 2 aliphatic heterocycles. The molecule has 0 aromatic carbocycles. The Morgan fingerprint density at radius 2 is 1.91 bits per heavy atom. The number of allylic oxidation sites excluding steroid dienone is 2. The molecule has 0 radical (unpaired) electrons. The summed E-state index contributed by atoms with van der Waals surface area (Å²) in [5, 5.41) is 0. The zero-order chi connectivity index (χ0) is 22.3. The number of hydrogen-bond acceptors (Lipinski definition) is 3. The van der Waals surface area contributed by atoms with Crippen LogP contribution in [0.3, 0.4) is 0 Å². The van der Waals surface area contributed by atoms with Crippen molar-refractivity contribution >= 4 is 5.78 Å². The Hall–Kier alpha value is -0.670. The van der Waals surface area contributed by atoms with Crippen molar-refractivity contribution in [3.8, 4) is 0 Å². The first-order chi connectivity index (χ1) is 15.2. The van der Waals surface area contributed by atoms with Crippen molar-refractivity contribution in [2.24, 2.45) is 45.8 Å². The van der Waals surface area contributed by atoms with E-state index < -0.39 is 0 Å². The molecule has 2 saturated heterocycles. The van der Waals surface area contributed by atoms with Gasteiger partial charge in [-0.15, -0.1) is 0 Å². The van der Waals surface area contributed by atoms with Crippen molar-refractivity contribution in [2.45, 2.75) is 103 Å². The van der Waals surface area contributed by atoms with Crippen molar-refractivity contribution in [2.75, 3.05) is 13.6 Å². The van der Waals surface area contributed by atoms with E-state index in [0.717, 1.165) is 36.5 Å². The maximum absolute atomic E-state index is 12.2. The molecule has 0 aromatic rings. The Labute approximate surface area is 194 Å². The number of fused-ring (bicyclic) bond motifs is 6. The molecule has 2 heterocycles. The predicted octanol–water partition coefficient (Wildman–Crippen LogP) is 5.63. The molecular formula is C29H43NO2. The molecule has 5 aliphatic carbocycles. The van der Waals surface area contributed by atoms with Gasteiger partial charge in [-0.2, -0.15) is 0 Å².